The van der Waals surface area contributed by atoms with Gasteiger partial charge >= 0.3 is 11.9 Å². The number of hydrogen-bond donors (Lipinski definition) is 2. The molecule has 0 aromatic carbocycles. The monoisotopic (exact) mass is 604 g/mol. The number of thiophene rings is 2. The van der Waals surface area contributed by atoms with Gasteiger partial charge in [-0.25, -0.2) is 0 Å². The minimum absolute atomic E-state index is 0.0880. The Bertz CT molecular complexity index is 981. The van der Waals surface area contributed by atoms with Crippen LogP contribution in [0, 0.1) is 0 Å². The van der Waals surface area contributed by atoms with Crippen molar-refractivity contribution < 1.29 is 29.4 Å². The van der Waals surface area contributed by atoms with Crippen LogP contribution in [0.3, 0.4) is 0 Å². The van der Waals surface area contributed by atoms with Crippen molar-refractivity contribution in [2.45, 2.75) is 35.7 Å². The molecular formula is C22H24N2O6S6. The molecule has 8 nitrogen and oxygen atoms in total. The Labute approximate surface area is 233 Å². The summed E-state index contributed by atoms with van der Waals surface area (Å²) in [6.07, 6.45) is 0.281. The maximum absolute atomic E-state index is 12.5. The van der Waals surface area contributed by atoms with E-state index in [0.29, 0.717) is 24.6 Å². The molecule has 2 fully saturated rings. The van der Waals surface area contributed by atoms with E-state index in [1.165, 1.54) is 0 Å². The van der Waals surface area contributed by atoms with Crippen LogP contribution < -0.4 is 0 Å². The molecule has 0 amide bonds. The molecule has 14 heteroatoms. The summed E-state index contributed by atoms with van der Waals surface area (Å²) in [5.41, 5.74) is 0. The van der Waals surface area contributed by atoms with Gasteiger partial charge in [0.25, 0.3) is 0 Å². The highest BCUT2D eigenvalue weighted by Crippen LogP contribution is 2.44. The minimum atomic E-state index is -0.896. The molecule has 0 radical (unpaired) electrons. The molecule has 2 aromatic rings. The van der Waals surface area contributed by atoms with Gasteiger partial charge in [0.1, 0.15) is 12.1 Å². The second-order valence-corrected chi connectivity index (χ2v) is 14.4. The lowest BCUT2D eigenvalue weighted by molar-refractivity contribution is -0.143. The fourth-order valence-electron chi connectivity index (χ4n) is 4.02. The predicted molar refractivity (Wildman–Crippen MR) is 150 cm³/mol. The summed E-state index contributed by atoms with van der Waals surface area (Å²) in [5.74, 6) is -0.866. The van der Waals surface area contributed by atoms with Crippen LogP contribution in [0.15, 0.2) is 35.0 Å². The average molecular weight is 605 g/mol. The molecule has 0 saturated carbocycles. The molecule has 194 valence electrons. The van der Waals surface area contributed by atoms with Gasteiger partial charge < -0.3 is 10.2 Å². The van der Waals surface area contributed by atoms with Gasteiger partial charge in [0.05, 0.1) is 10.7 Å². The molecule has 2 aliphatic rings. The molecule has 2 N–H and O–H groups in total. The van der Waals surface area contributed by atoms with E-state index in [4.69, 9.17) is 0 Å². The van der Waals surface area contributed by atoms with E-state index in [2.05, 4.69) is 0 Å². The molecule has 2 aliphatic heterocycles. The van der Waals surface area contributed by atoms with Gasteiger partial charge in [0.2, 0.25) is 10.2 Å². The van der Waals surface area contributed by atoms with Crippen molar-refractivity contribution in [3.63, 3.8) is 0 Å². The van der Waals surface area contributed by atoms with Crippen LogP contribution in [-0.2, 0) is 19.2 Å². The molecule has 4 unspecified atom stereocenters. The van der Waals surface area contributed by atoms with Crippen molar-refractivity contribution in [3.05, 3.63) is 44.8 Å². The van der Waals surface area contributed by atoms with Crippen molar-refractivity contribution in [1.29, 1.82) is 0 Å². The highest BCUT2D eigenvalue weighted by Gasteiger charge is 2.41. The fourth-order valence-corrected chi connectivity index (χ4v) is 10.6. The van der Waals surface area contributed by atoms with Crippen LogP contribution in [0.4, 0.5) is 0 Å². The number of hydrogen-bond acceptors (Lipinski definition) is 12. The fraction of sp³-hybridized carbons (Fsp3) is 0.455. The number of thioether (sulfide) groups is 2. The van der Waals surface area contributed by atoms with Crippen LogP contribution in [0.1, 0.15) is 33.3 Å². The summed E-state index contributed by atoms with van der Waals surface area (Å²) in [7, 11) is 1.75. The number of carboxylic acid groups (broad SMARTS) is 2. The smallest absolute Gasteiger partial charge is 0.321 e. The van der Waals surface area contributed by atoms with Crippen LogP contribution in [0.2, 0.25) is 0 Å². The van der Waals surface area contributed by atoms with E-state index >= 15 is 0 Å². The van der Waals surface area contributed by atoms with E-state index in [-0.39, 0.29) is 33.8 Å². The van der Waals surface area contributed by atoms with E-state index in [9.17, 15) is 29.4 Å². The summed E-state index contributed by atoms with van der Waals surface area (Å²) >= 11 is 6.26. The first-order chi connectivity index (χ1) is 17.3. The van der Waals surface area contributed by atoms with Crippen LogP contribution >= 0.6 is 67.8 Å². The number of nitrogens with zero attached hydrogens (tertiary/aromatic N) is 2. The third-order valence-corrected chi connectivity index (χ3v) is 12.8. The Morgan fingerprint density at radius 1 is 0.778 bits per heavy atom. The largest absolute Gasteiger partial charge is 0.480 e. The molecule has 4 heterocycles. The molecule has 4 atom stereocenters. The van der Waals surface area contributed by atoms with Crippen LogP contribution in [0.5, 0.6) is 0 Å². The first kappa shape index (κ1) is 28.0. The van der Waals surface area contributed by atoms with Crippen LogP contribution in [-0.4, -0.2) is 78.9 Å². The maximum atomic E-state index is 12.5. The molecule has 0 aliphatic carbocycles. The van der Waals surface area contributed by atoms with Gasteiger partial charge in [-0.05, 0) is 44.5 Å². The zero-order valence-electron chi connectivity index (χ0n) is 18.9. The minimum Gasteiger partial charge on any atom is -0.480 e. The van der Waals surface area contributed by atoms with Crippen molar-refractivity contribution in [2.24, 2.45) is 0 Å². The normalized spacial score (nSPS) is 24.8. The molecule has 0 spiro atoms. The molecule has 2 aromatic heterocycles. The first-order valence-corrected chi connectivity index (χ1v) is 17.0. The van der Waals surface area contributed by atoms with Gasteiger partial charge in [-0.2, -0.15) is 0 Å². The highest BCUT2D eigenvalue weighted by molar-refractivity contribution is 8.87. The molecule has 36 heavy (non-hydrogen) atoms. The lowest BCUT2D eigenvalue weighted by Crippen LogP contribution is -2.39. The van der Waals surface area contributed by atoms with E-state index < -0.39 is 24.0 Å². The number of carbonyl (C=O) groups is 4. The van der Waals surface area contributed by atoms with E-state index in [1.807, 2.05) is 44.8 Å². The lowest BCUT2D eigenvalue weighted by Gasteiger charge is -2.26. The van der Waals surface area contributed by atoms with Crippen molar-refractivity contribution in [1.82, 2.24) is 9.80 Å². The Kier molecular flexibility index (Phi) is 10.3. The van der Waals surface area contributed by atoms with E-state index in [0.717, 1.165) is 31.3 Å². The third-order valence-electron chi connectivity index (χ3n) is 5.75. The summed E-state index contributed by atoms with van der Waals surface area (Å²) in [6.45, 7) is 0.613. The average Bonchev–Trinajstić information content (AvgIpc) is 3.65. The Morgan fingerprint density at radius 2 is 1.19 bits per heavy atom. The predicted octanol–water partition coefficient (Wildman–Crippen LogP) is 4.73. The van der Waals surface area contributed by atoms with Crippen molar-refractivity contribution in [3.8, 4) is 0 Å². The Balaban J connectivity index is 1.25. The number of aliphatic carboxylic acids is 2. The molecular weight excluding hydrogens is 581 g/mol. The zero-order valence-corrected chi connectivity index (χ0v) is 23.8. The maximum Gasteiger partial charge on any atom is 0.321 e. The lowest BCUT2D eigenvalue weighted by atomic mass is 10.2. The number of rotatable bonds is 10. The van der Waals surface area contributed by atoms with Gasteiger partial charge in [-0.3, -0.25) is 29.0 Å². The van der Waals surface area contributed by atoms with Crippen molar-refractivity contribution in [2.75, 3.05) is 24.6 Å². The Morgan fingerprint density at radius 3 is 1.53 bits per heavy atom. The summed E-state index contributed by atoms with van der Waals surface area (Å²) in [4.78, 5) is 54.2. The summed E-state index contributed by atoms with van der Waals surface area (Å²) in [6, 6.07) is 6.51. The van der Waals surface area contributed by atoms with Gasteiger partial charge in [0.15, 0.2) is 0 Å². The van der Waals surface area contributed by atoms with E-state index in [1.54, 1.807) is 46.2 Å². The third kappa shape index (κ3) is 6.90. The topological polar surface area (TPSA) is 115 Å². The SMILES string of the molecule is O=C(CCN1C(C(=O)O)CSC1c1cccs1)SSC(=O)CCN1C(C(=O)O)CSC1c1cccs1. The molecule has 0 bridgehead atoms. The second kappa shape index (κ2) is 13.2. The highest BCUT2D eigenvalue weighted by atomic mass is 33.1. The summed E-state index contributed by atoms with van der Waals surface area (Å²) in [5, 5.41) is 22.5. The first-order valence-electron chi connectivity index (χ1n) is 11.0. The standard InChI is InChI=1S/C22H24N2O6S6/c25-17(5-7-23-13(21(27)28)11-33-19(23)15-3-1-9-31-15)35-36-18(26)6-8-24-14(22(29)30)12-34-20(24)16-4-2-10-32-16/h1-4,9-10,13-14,19-20H,5-8,11-12H2,(H,27,28)(H,29,30). The van der Waals surface area contributed by atoms with Crippen LogP contribution in [0.25, 0.3) is 0 Å². The number of carboxylic acids is 2. The molecule has 4 rings (SSSR count). The number of carbonyl (C=O) groups excluding carboxylic acids is 2. The quantitative estimate of drug-likeness (QED) is 0.366. The van der Waals surface area contributed by atoms with Gasteiger partial charge in [-0.15, -0.1) is 46.2 Å². The van der Waals surface area contributed by atoms with Crippen molar-refractivity contribution >= 4 is 90.0 Å². The molecule has 2 saturated heterocycles. The Hall–Kier alpha value is -1.000. The second-order valence-electron chi connectivity index (χ2n) is 8.00. The zero-order chi connectivity index (χ0) is 25.7. The summed E-state index contributed by atoms with van der Waals surface area (Å²) < 4.78 is 0. The van der Waals surface area contributed by atoms with Gasteiger partial charge in [-0.1, -0.05) is 12.1 Å². The van der Waals surface area contributed by atoms with Gasteiger partial charge in [0, 0.05) is 47.2 Å².